The molecule has 0 aliphatic heterocycles. The van der Waals surface area contributed by atoms with E-state index in [1.54, 1.807) is 14.2 Å². The van der Waals surface area contributed by atoms with Crippen molar-refractivity contribution < 1.29 is 14.3 Å². The lowest BCUT2D eigenvalue weighted by atomic mass is 10.5. The van der Waals surface area contributed by atoms with Crippen LogP contribution in [0.3, 0.4) is 0 Å². The Labute approximate surface area is 93.5 Å². The molecule has 0 unspecified atom stereocenters. The van der Waals surface area contributed by atoms with E-state index in [9.17, 15) is 4.79 Å². The highest BCUT2D eigenvalue weighted by Gasteiger charge is 2.09. The van der Waals surface area contributed by atoms with Gasteiger partial charge in [0.25, 0.3) is 5.91 Å². The Morgan fingerprint density at radius 2 is 2.38 bits per heavy atom. The van der Waals surface area contributed by atoms with Gasteiger partial charge in [0.15, 0.2) is 5.82 Å². The molecule has 1 heterocycles. The lowest BCUT2D eigenvalue weighted by Crippen LogP contribution is -2.21. The van der Waals surface area contributed by atoms with Crippen molar-refractivity contribution in [2.45, 2.75) is 0 Å². The summed E-state index contributed by atoms with van der Waals surface area (Å²) in [6.07, 6.45) is 1.47. The van der Waals surface area contributed by atoms with Crippen LogP contribution in [0.5, 0.6) is 0 Å². The van der Waals surface area contributed by atoms with Crippen molar-refractivity contribution in [1.29, 1.82) is 0 Å². The molecule has 3 N–H and O–H groups in total. The molecule has 90 valence electrons. The van der Waals surface area contributed by atoms with Crippen molar-refractivity contribution in [2.75, 3.05) is 38.0 Å². The molecule has 0 saturated heterocycles. The van der Waals surface area contributed by atoms with E-state index in [0.29, 0.717) is 24.7 Å². The molecule has 16 heavy (non-hydrogen) atoms. The number of nitrogens with zero attached hydrogens (tertiary/aromatic N) is 2. The molecule has 0 radical (unpaired) electrons. The predicted molar refractivity (Wildman–Crippen MR) is 58.9 cm³/mol. The number of carbonyl (C=O) groups excluding carboxylic acids is 1. The first kappa shape index (κ1) is 12.5. The maximum atomic E-state index is 11.4. The van der Waals surface area contributed by atoms with E-state index in [2.05, 4.69) is 10.4 Å². The molecule has 1 aromatic rings. The summed E-state index contributed by atoms with van der Waals surface area (Å²) in [4.78, 5) is 11.4. The van der Waals surface area contributed by atoms with Crippen LogP contribution in [0.1, 0.15) is 0 Å². The molecule has 0 aromatic carbocycles. The van der Waals surface area contributed by atoms with Gasteiger partial charge in [-0.3, -0.25) is 9.48 Å². The number of aryl methyl sites for hydroxylation is 1. The number of hydrogen-bond acceptors (Lipinski definition) is 5. The second kappa shape index (κ2) is 6.09. The number of rotatable bonds is 6. The maximum absolute atomic E-state index is 11.4. The van der Waals surface area contributed by atoms with Gasteiger partial charge >= 0.3 is 0 Å². The third-order valence-corrected chi connectivity index (χ3v) is 1.89. The van der Waals surface area contributed by atoms with Crippen molar-refractivity contribution in [1.82, 2.24) is 9.78 Å². The summed E-state index contributed by atoms with van der Waals surface area (Å²) in [5.74, 6) is 0.201. The summed E-state index contributed by atoms with van der Waals surface area (Å²) in [6, 6.07) is 0. The van der Waals surface area contributed by atoms with Gasteiger partial charge in [0.05, 0.1) is 25.1 Å². The summed E-state index contributed by atoms with van der Waals surface area (Å²) < 4.78 is 11.3. The predicted octanol–water partition coefficient (Wildman–Crippen LogP) is -0.396. The van der Waals surface area contributed by atoms with Gasteiger partial charge in [-0.05, 0) is 0 Å². The van der Waals surface area contributed by atoms with Crippen molar-refractivity contribution in [3.63, 3.8) is 0 Å². The monoisotopic (exact) mass is 228 g/mol. The molecule has 0 saturated carbocycles. The van der Waals surface area contributed by atoms with Gasteiger partial charge in [-0.2, -0.15) is 5.10 Å². The van der Waals surface area contributed by atoms with Gasteiger partial charge < -0.3 is 20.5 Å². The van der Waals surface area contributed by atoms with E-state index in [-0.39, 0.29) is 12.5 Å². The minimum Gasteiger partial charge on any atom is -0.394 e. The molecule has 0 spiro atoms. The molecule has 7 nitrogen and oxygen atoms in total. The first-order valence-electron chi connectivity index (χ1n) is 4.79. The molecule has 1 amide bonds. The van der Waals surface area contributed by atoms with E-state index >= 15 is 0 Å². The standard InChI is InChI=1S/C9H16N4O3/c1-13-9(7(10)5-11-13)12-8(14)6-16-4-3-15-2/h5H,3-4,6,10H2,1-2H3,(H,12,14). The van der Waals surface area contributed by atoms with E-state index in [1.165, 1.54) is 10.9 Å². The minimum atomic E-state index is -0.272. The third kappa shape index (κ3) is 3.52. The number of methoxy groups -OCH3 is 1. The van der Waals surface area contributed by atoms with E-state index in [0.717, 1.165) is 0 Å². The lowest BCUT2D eigenvalue weighted by molar-refractivity contribution is -0.121. The number of amides is 1. The Bertz CT molecular complexity index is 331. The fourth-order valence-corrected chi connectivity index (χ4v) is 1.08. The number of carbonyl (C=O) groups is 1. The number of nitrogens with two attached hydrogens (primary N) is 1. The van der Waals surface area contributed by atoms with Crippen LogP contribution in [-0.4, -0.2) is 42.6 Å². The highest BCUT2D eigenvalue weighted by atomic mass is 16.5. The Balaban J connectivity index is 2.34. The van der Waals surface area contributed by atoms with Crippen molar-refractivity contribution in [2.24, 2.45) is 7.05 Å². The summed E-state index contributed by atoms with van der Waals surface area (Å²) in [5.41, 5.74) is 6.03. The van der Waals surface area contributed by atoms with Gasteiger partial charge in [-0.1, -0.05) is 0 Å². The Morgan fingerprint density at radius 1 is 1.62 bits per heavy atom. The van der Waals surface area contributed by atoms with Gasteiger partial charge in [-0.15, -0.1) is 0 Å². The van der Waals surface area contributed by atoms with Crippen LogP contribution in [0.25, 0.3) is 0 Å². The van der Waals surface area contributed by atoms with Crippen LogP contribution in [0.2, 0.25) is 0 Å². The van der Waals surface area contributed by atoms with Gasteiger partial charge in [0.2, 0.25) is 0 Å². The fourth-order valence-electron chi connectivity index (χ4n) is 1.08. The van der Waals surface area contributed by atoms with Crippen molar-refractivity contribution in [3.8, 4) is 0 Å². The van der Waals surface area contributed by atoms with Crippen molar-refractivity contribution in [3.05, 3.63) is 6.20 Å². The summed E-state index contributed by atoms with van der Waals surface area (Å²) in [7, 11) is 3.26. The van der Waals surface area contributed by atoms with Gasteiger partial charge in [0, 0.05) is 14.2 Å². The van der Waals surface area contributed by atoms with Crippen LogP contribution < -0.4 is 11.1 Å². The average Bonchev–Trinajstić information content (AvgIpc) is 2.56. The Kier molecular flexibility index (Phi) is 4.74. The molecule has 0 fully saturated rings. The number of nitrogen functional groups attached to an aromatic ring is 1. The van der Waals surface area contributed by atoms with Gasteiger partial charge in [-0.25, -0.2) is 0 Å². The maximum Gasteiger partial charge on any atom is 0.251 e. The van der Waals surface area contributed by atoms with E-state index in [1.807, 2.05) is 0 Å². The third-order valence-electron chi connectivity index (χ3n) is 1.89. The lowest BCUT2D eigenvalue weighted by Gasteiger charge is -2.06. The minimum absolute atomic E-state index is 0.0338. The number of ether oxygens (including phenoxy) is 2. The number of hydrogen-bond donors (Lipinski definition) is 2. The normalized spacial score (nSPS) is 10.4. The number of nitrogens with one attached hydrogen (secondary N) is 1. The SMILES string of the molecule is COCCOCC(=O)Nc1c(N)cnn1C. The zero-order valence-electron chi connectivity index (χ0n) is 9.40. The summed E-state index contributed by atoms with van der Waals surface area (Å²) >= 11 is 0. The largest absolute Gasteiger partial charge is 0.394 e. The zero-order chi connectivity index (χ0) is 12.0. The molecule has 1 aromatic heterocycles. The van der Waals surface area contributed by atoms with Crippen molar-refractivity contribution >= 4 is 17.4 Å². The van der Waals surface area contributed by atoms with Crippen LogP contribution in [0, 0.1) is 0 Å². The molecule has 0 atom stereocenters. The second-order valence-electron chi connectivity index (χ2n) is 3.17. The quantitative estimate of drug-likeness (QED) is 0.647. The molecule has 0 aliphatic rings. The van der Waals surface area contributed by atoms with E-state index < -0.39 is 0 Å². The van der Waals surface area contributed by atoms with E-state index in [4.69, 9.17) is 15.2 Å². The number of anilines is 2. The molecule has 1 rings (SSSR count). The highest BCUT2D eigenvalue weighted by Crippen LogP contribution is 2.15. The van der Waals surface area contributed by atoms with Gasteiger partial charge in [0.1, 0.15) is 6.61 Å². The highest BCUT2D eigenvalue weighted by molar-refractivity contribution is 5.93. The smallest absolute Gasteiger partial charge is 0.251 e. The molecule has 0 bridgehead atoms. The summed E-state index contributed by atoms with van der Waals surface area (Å²) in [5, 5.41) is 6.50. The zero-order valence-corrected chi connectivity index (χ0v) is 9.40. The topological polar surface area (TPSA) is 91.4 Å². The van der Waals surface area contributed by atoms with Crippen LogP contribution in [0.15, 0.2) is 6.20 Å². The van der Waals surface area contributed by atoms with Crippen LogP contribution in [0.4, 0.5) is 11.5 Å². The summed E-state index contributed by atoms with van der Waals surface area (Å²) in [6.45, 7) is 0.805. The number of aromatic nitrogens is 2. The second-order valence-corrected chi connectivity index (χ2v) is 3.17. The Hall–Kier alpha value is -1.60. The first-order chi connectivity index (χ1) is 7.65. The fraction of sp³-hybridized carbons (Fsp3) is 0.556. The van der Waals surface area contributed by atoms with Crippen LogP contribution >= 0.6 is 0 Å². The average molecular weight is 228 g/mol. The molecule has 7 heteroatoms. The van der Waals surface area contributed by atoms with Crippen LogP contribution in [-0.2, 0) is 21.3 Å². The first-order valence-corrected chi connectivity index (χ1v) is 4.79. The Morgan fingerprint density at radius 3 is 2.94 bits per heavy atom. The molecular formula is C9H16N4O3. The molecular weight excluding hydrogens is 212 g/mol. The molecule has 0 aliphatic carbocycles.